The maximum absolute atomic E-state index is 12.1. The second kappa shape index (κ2) is 9.43. The number of nitrogens with one attached hydrogen (secondary N) is 2. The number of nitrogens with zero attached hydrogens (tertiary/aromatic N) is 3. The molecule has 35 heavy (non-hydrogen) atoms. The summed E-state index contributed by atoms with van der Waals surface area (Å²) in [6.07, 6.45) is 3.92. The first-order chi connectivity index (χ1) is 17.0. The molecule has 6 heteroatoms. The Bertz CT molecular complexity index is 1500. The number of carbonyl (C=O) groups excluding carboxylic acids is 1. The van der Waals surface area contributed by atoms with Gasteiger partial charge in [0.2, 0.25) is 0 Å². The Kier molecular flexibility index (Phi) is 6.02. The molecule has 174 valence electrons. The van der Waals surface area contributed by atoms with Crippen LogP contribution in [0.4, 0.5) is 5.82 Å². The van der Waals surface area contributed by atoms with Crippen LogP contribution in [0.3, 0.4) is 0 Å². The molecule has 0 aliphatic rings. The SMILES string of the molecule is CNC(=O)c1cccc(-c2ccn3c(-c4cc(NC(C)C)nc(-c5ccccc5)c4)cnc3c2)c1. The maximum atomic E-state index is 12.1. The van der Waals surface area contributed by atoms with Gasteiger partial charge < -0.3 is 10.6 Å². The fourth-order valence-electron chi connectivity index (χ4n) is 4.16. The highest BCUT2D eigenvalue weighted by molar-refractivity contribution is 5.95. The summed E-state index contributed by atoms with van der Waals surface area (Å²) in [5.74, 6) is 0.725. The second-order valence-corrected chi connectivity index (χ2v) is 8.74. The first kappa shape index (κ1) is 22.3. The Labute approximate surface area is 204 Å². The zero-order valence-corrected chi connectivity index (χ0v) is 20.0. The van der Waals surface area contributed by atoms with Crippen LogP contribution < -0.4 is 10.6 Å². The smallest absolute Gasteiger partial charge is 0.251 e. The minimum Gasteiger partial charge on any atom is -0.368 e. The number of carbonyl (C=O) groups is 1. The van der Waals surface area contributed by atoms with E-state index in [0.29, 0.717) is 5.56 Å². The number of anilines is 1. The van der Waals surface area contributed by atoms with Crippen molar-refractivity contribution in [1.82, 2.24) is 19.7 Å². The average Bonchev–Trinajstić information content (AvgIpc) is 3.31. The summed E-state index contributed by atoms with van der Waals surface area (Å²) in [5.41, 5.74) is 7.42. The van der Waals surface area contributed by atoms with Gasteiger partial charge in [-0.2, -0.15) is 0 Å². The Hall–Kier alpha value is -4.45. The molecule has 5 aromatic rings. The highest BCUT2D eigenvalue weighted by atomic mass is 16.1. The molecular weight excluding hydrogens is 434 g/mol. The number of pyridine rings is 2. The molecule has 0 unspecified atom stereocenters. The molecule has 0 fully saturated rings. The van der Waals surface area contributed by atoms with Crippen molar-refractivity contribution in [2.24, 2.45) is 0 Å². The molecule has 3 heterocycles. The molecule has 6 nitrogen and oxygen atoms in total. The van der Waals surface area contributed by atoms with Gasteiger partial charge in [0.25, 0.3) is 5.91 Å². The van der Waals surface area contributed by atoms with E-state index in [9.17, 15) is 4.79 Å². The predicted octanol–water partition coefficient (Wildman–Crippen LogP) is 5.91. The lowest BCUT2D eigenvalue weighted by molar-refractivity contribution is 0.0963. The summed E-state index contributed by atoms with van der Waals surface area (Å²) in [7, 11) is 1.64. The van der Waals surface area contributed by atoms with E-state index in [1.807, 2.05) is 67.0 Å². The van der Waals surface area contributed by atoms with Crippen molar-refractivity contribution in [3.8, 4) is 33.6 Å². The number of fused-ring (bicyclic) bond motifs is 1. The van der Waals surface area contributed by atoms with Crippen LogP contribution in [0.1, 0.15) is 24.2 Å². The van der Waals surface area contributed by atoms with Crippen LogP contribution in [-0.2, 0) is 0 Å². The van der Waals surface area contributed by atoms with Crippen LogP contribution in [0.2, 0.25) is 0 Å². The van der Waals surface area contributed by atoms with Gasteiger partial charge in [-0.15, -0.1) is 0 Å². The third-order valence-corrected chi connectivity index (χ3v) is 5.83. The van der Waals surface area contributed by atoms with Gasteiger partial charge in [-0.25, -0.2) is 9.97 Å². The molecule has 5 rings (SSSR count). The zero-order valence-electron chi connectivity index (χ0n) is 20.0. The molecule has 0 radical (unpaired) electrons. The number of imidazole rings is 1. The fraction of sp³-hybridized carbons (Fsp3) is 0.138. The van der Waals surface area contributed by atoms with E-state index in [-0.39, 0.29) is 11.9 Å². The first-order valence-corrected chi connectivity index (χ1v) is 11.7. The second-order valence-electron chi connectivity index (χ2n) is 8.74. The van der Waals surface area contributed by atoms with Crippen LogP contribution in [-0.4, -0.2) is 33.4 Å². The van der Waals surface area contributed by atoms with Crippen LogP contribution >= 0.6 is 0 Å². The molecule has 0 spiro atoms. The van der Waals surface area contributed by atoms with Crippen LogP contribution in [0, 0.1) is 0 Å². The van der Waals surface area contributed by atoms with Gasteiger partial charge >= 0.3 is 0 Å². The summed E-state index contributed by atoms with van der Waals surface area (Å²) in [6.45, 7) is 4.21. The van der Waals surface area contributed by atoms with Crippen molar-refractivity contribution >= 4 is 17.4 Å². The fourth-order valence-corrected chi connectivity index (χ4v) is 4.16. The Morgan fingerprint density at radius 3 is 2.40 bits per heavy atom. The van der Waals surface area contributed by atoms with Crippen LogP contribution in [0.15, 0.2) is 91.3 Å². The van der Waals surface area contributed by atoms with Crippen LogP contribution in [0.5, 0.6) is 0 Å². The Morgan fingerprint density at radius 2 is 1.63 bits per heavy atom. The number of rotatable bonds is 6. The molecule has 2 aromatic carbocycles. The lowest BCUT2D eigenvalue weighted by Gasteiger charge is -2.13. The Morgan fingerprint density at radius 1 is 0.857 bits per heavy atom. The Balaban J connectivity index is 1.57. The monoisotopic (exact) mass is 461 g/mol. The minimum absolute atomic E-state index is 0.103. The summed E-state index contributed by atoms with van der Waals surface area (Å²) >= 11 is 0. The van der Waals surface area contributed by atoms with Gasteiger partial charge in [-0.1, -0.05) is 42.5 Å². The molecule has 0 bridgehead atoms. The van der Waals surface area contributed by atoms with E-state index >= 15 is 0 Å². The van der Waals surface area contributed by atoms with Crippen molar-refractivity contribution in [2.45, 2.75) is 19.9 Å². The molecular formula is C29H27N5O. The maximum Gasteiger partial charge on any atom is 0.251 e. The van der Waals surface area contributed by atoms with Gasteiger partial charge in [-0.3, -0.25) is 9.20 Å². The molecule has 0 aliphatic heterocycles. The van der Waals surface area contributed by atoms with Crippen molar-refractivity contribution in [3.63, 3.8) is 0 Å². The van der Waals surface area contributed by atoms with Crippen molar-refractivity contribution < 1.29 is 4.79 Å². The van der Waals surface area contributed by atoms with Gasteiger partial charge in [0.15, 0.2) is 0 Å². The number of benzene rings is 2. The van der Waals surface area contributed by atoms with Gasteiger partial charge in [0.1, 0.15) is 11.5 Å². The molecule has 0 atom stereocenters. The molecule has 1 amide bonds. The minimum atomic E-state index is -0.103. The molecule has 2 N–H and O–H groups in total. The van der Waals surface area contributed by atoms with E-state index in [4.69, 9.17) is 9.97 Å². The predicted molar refractivity (Wildman–Crippen MR) is 141 cm³/mol. The number of aromatic nitrogens is 3. The molecule has 0 saturated carbocycles. The normalized spacial score (nSPS) is 11.1. The molecule has 0 saturated heterocycles. The number of hydrogen-bond donors (Lipinski definition) is 2. The van der Waals surface area contributed by atoms with E-state index in [0.717, 1.165) is 45.1 Å². The third-order valence-electron chi connectivity index (χ3n) is 5.83. The first-order valence-electron chi connectivity index (χ1n) is 11.7. The third kappa shape index (κ3) is 4.64. The molecule has 3 aromatic heterocycles. The average molecular weight is 462 g/mol. The zero-order chi connectivity index (χ0) is 24.4. The summed E-state index contributed by atoms with van der Waals surface area (Å²) in [4.78, 5) is 21.6. The van der Waals surface area contributed by atoms with Gasteiger partial charge in [0, 0.05) is 36.0 Å². The topological polar surface area (TPSA) is 71.3 Å². The molecule has 0 aliphatic carbocycles. The quantitative estimate of drug-likeness (QED) is 0.330. The van der Waals surface area contributed by atoms with E-state index < -0.39 is 0 Å². The van der Waals surface area contributed by atoms with E-state index in [1.54, 1.807) is 7.05 Å². The highest BCUT2D eigenvalue weighted by Gasteiger charge is 2.13. The van der Waals surface area contributed by atoms with Gasteiger partial charge in [0.05, 0.1) is 17.6 Å². The van der Waals surface area contributed by atoms with Crippen molar-refractivity contribution in [3.05, 3.63) is 96.8 Å². The van der Waals surface area contributed by atoms with Gasteiger partial charge in [-0.05, 0) is 61.4 Å². The summed E-state index contributed by atoms with van der Waals surface area (Å²) in [5, 5.41) is 6.12. The highest BCUT2D eigenvalue weighted by Crippen LogP contribution is 2.30. The van der Waals surface area contributed by atoms with Crippen molar-refractivity contribution in [2.75, 3.05) is 12.4 Å². The lowest BCUT2D eigenvalue weighted by Crippen LogP contribution is -2.17. The lowest BCUT2D eigenvalue weighted by atomic mass is 10.0. The van der Waals surface area contributed by atoms with Crippen molar-refractivity contribution in [1.29, 1.82) is 0 Å². The van der Waals surface area contributed by atoms with E-state index in [1.165, 1.54) is 0 Å². The van der Waals surface area contributed by atoms with Crippen LogP contribution in [0.25, 0.3) is 39.3 Å². The largest absolute Gasteiger partial charge is 0.368 e. The van der Waals surface area contributed by atoms with E-state index in [2.05, 4.69) is 53.1 Å². The standard InChI is InChI=1S/C29H27N5O/c1-19(2)32-27-16-24(15-25(33-27)20-8-5-4-6-9-20)26-18-31-28-17-22(12-13-34(26)28)21-10-7-11-23(14-21)29(35)30-3/h4-19H,1-3H3,(H,30,35)(H,32,33). The number of amides is 1. The summed E-state index contributed by atoms with van der Waals surface area (Å²) < 4.78 is 2.08. The number of hydrogen-bond acceptors (Lipinski definition) is 4. The summed E-state index contributed by atoms with van der Waals surface area (Å²) in [6, 6.07) is 26.3.